The van der Waals surface area contributed by atoms with Crippen LogP contribution in [-0.4, -0.2) is 88.1 Å². The SMILES string of the molecule is CC(=O)N[C@H](C(=O)N[C@@H](CCCNC(N)=O)C(=O)Nc1ccc(COS(=O)(=O)c2ccc(C)cc2)c(OCC(=O)NCCCNC(=O)OC(C)(C)C)c1)C(C)C. The maximum absolute atomic E-state index is 13.6. The molecule has 2 rings (SSSR count). The van der Waals surface area contributed by atoms with E-state index in [0.29, 0.717) is 6.42 Å². The van der Waals surface area contributed by atoms with E-state index >= 15 is 0 Å². The minimum atomic E-state index is -4.19. The van der Waals surface area contributed by atoms with Gasteiger partial charge in [-0.2, -0.15) is 8.42 Å². The number of nitrogens with two attached hydrogens (primary N) is 1. The summed E-state index contributed by atoms with van der Waals surface area (Å²) in [4.78, 5) is 74.2. The van der Waals surface area contributed by atoms with E-state index in [9.17, 15) is 37.2 Å². The van der Waals surface area contributed by atoms with Gasteiger partial charge in [0, 0.05) is 43.9 Å². The molecule has 8 N–H and O–H groups in total. The lowest BCUT2D eigenvalue weighted by Gasteiger charge is -2.25. The number of hydrogen-bond acceptors (Lipinski definition) is 11. The number of hydrogen-bond donors (Lipinski definition) is 7. The van der Waals surface area contributed by atoms with E-state index in [4.69, 9.17) is 19.4 Å². The van der Waals surface area contributed by atoms with Crippen molar-refractivity contribution in [2.75, 3.05) is 31.6 Å². The smallest absolute Gasteiger partial charge is 0.407 e. The first-order chi connectivity index (χ1) is 26.2. The van der Waals surface area contributed by atoms with Crippen molar-refractivity contribution in [3.63, 3.8) is 0 Å². The van der Waals surface area contributed by atoms with Gasteiger partial charge in [-0.25, -0.2) is 9.59 Å². The highest BCUT2D eigenvalue weighted by molar-refractivity contribution is 7.86. The van der Waals surface area contributed by atoms with Gasteiger partial charge in [0.05, 0.1) is 11.5 Å². The minimum absolute atomic E-state index is 0.0143. The van der Waals surface area contributed by atoms with Gasteiger partial charge in [0.25, 0.3) is 16.0 Å². The zero-order chi connectivity index (χ0) is 42.1. The highest BCUT2D eigenvalue weighted by atomic mass is 32.2. The van der Waals surface area contributed by atoms with E-state index < -0.39 is 76.8 Å². The molecule has 0 fully saturated rings. The molecule has 0 saturated carbocycles. The van der Waals surface area contributed by atoms with Gasteiger partial charge in [0.1, 0.15) is 23.4 Å². The Labute approximate surface area is 327 Å². The van der Waals surface area contributed by atoms with Crippen LogP contribution in [0.5, 0.6) is 5.75 Å². The van der Waals surface area contributed by atoms with Crippen LogP contribution in [0.25, 0.3) is 0 Å². The number of nitrogens with one attached hydrogen (secondary N) is 6. The van der Waals surface area contributed by atoms with Crippen molar-refractivity contribution >= 4 is 51.6 Å². The van der Waals surface area contributed by atoms with Gasteiger partial charge in [0.15, 0.2) is 6.61 Å². The van der Waals surface area contributed by atoms with Crippen LogP contribution in [0.4, 0.5) is 15.3 Å². The summed E-state index contributed by atoms with van der Waals surface area (Å²) >= 11 is 0. The molecule has 18 nitrogen and oxygen atoms in total. The van der Waals surface area contributed by atoms with E-state index in [2.05, 4.69) is 31.9 Å². The maximum Gasteiger partial charge on any atom is 0.407 e. The highest BCUT2D eigenvalue weighted by Crippen LogP contribution is 2.26. The monoisotopic (exact) mass is 805 g/mol. The summed E-state index contributed by atoms with van der Waals surface area (Å²) in [7, 11) is -4.19. The molecule has 2 aromatic carbocycles. The summed E-state index contributed by atoms with van der Waals surface area (Å²) in [6, 6.07) is 7.53. The number of amides is 7. The second kappa shape index (κ2) is 22.2. The van der Waals surface area contributed by atoms with Crippen LogP contribution in [0.3, 0.4) is 0 Å². The predicted octanol–water partition coefficient (Wildman–Crippen LogP) is 2.34. The Balaban J connectivity index is 2.25. The number of benzene rings is 2. The molecule has 0 aliphatic heterocycles. The first-order valence-electron chi connectivity index (χ1n) is 18.0. The van der Waals surface area contributed by atoms with Crippen molar-refractivity contribution < 1.29 is 50.8 Å². The van der Waals surface area contributed by atoms with E-state index in [1.807, 2.05) is 6.92 Å². The summed E-state index contributed by atoms with van der Waals surface area (Å²) in [5.41, 5.74) is 5.74. The molecule has 19 heteroatoms. The van der Waals surface area contributed by atoms with E-state index in [1.165, 1.54) is 37.3 Å². The first kappa shape index (κ1) is 46.7. The van der Waals surface area contributed by atoms with Crippen molar-refractivity contribution in [1.29, 1.82) is 0 Å². The van der Waals surface area contributed by atoms with Crippen LogP contribution < -0.4 is 42.4 Å². The molecule has 0 heterocycles. The fourth-order valence-corrected chi connectivity index (χ4v) is 5.73. The molecular formula is C37H55N7O11S. The Morgan fingerprint density at radius 1 is 0.839 bits per heavy atom. The Hall–Kier alpha value is -5.43. The summed E-state index contributed by atoms with van der Waals surface area (Å²) in [6.07, 6.45) is 0.126. The van der Waals surface area contributed by atoms with Gasteiger partial charge in [-0.1, -0.05) is 37.6 Å². The molecule has 2 atom stereocenters. The first-order valence-corrected chi connectivity index (χ1v) is 19.4. The average Bonchev–Trinajstić information content (AvgIpc) is 3.09. The maximum atomic E-state index is 13.6. The lowest BCUT2D eigenvalue weighted by Crippen LogP contribution is -2.54. The molecule has 0 aromatic heterocycles. The molecule has 0 spiro atoms. The predicted molar refractivity (Wildman–Crippen MR) is 207 cm³/mol. The van der Waals surface area contributed by atoms with Gasteiger partial charge in [-0.3, -0.25) is 23.4 Å². The van der Waals surface area contributed by atoms with Gasteiger partial charge >= 0.3 is 12.1 Å². The third-order valence-corrected chi connectivity index (χ3v) is 8.90. The molecular weight excluding hydrogens is 751 g/mol. The number of primary amides is 1. The van der Waals surface area contributed by atoms with E-state index in [-0.39, 0.29) is 60.3 Å². The molecule has 0 unspecified atom stereocenters. The van der Waals surface area contributed by atoms with Crippen LogP contribution in [0, 0.1) is 12.8 Å². The molecule has 0 radical (unpaired) electrons. The highest BCUT2D eigenvalue weighted by Gasteiger charge is 2.28. The van der Waals surface area contributed by atoms with Crippen molar-refractivity contribution in [3.8, 4) is 5.75 Å². The van der Waals surface area contributed by atoms with Crippen LogP contribution >= 0.6 is 0 Å². The fraction of sp³-hybridized carbons (Fsp3) is 0.514. The number of carbonyl (C=O) groups is 6. The van der Waals surface area contributed by atoms with Gasteiger partial charge in [0.2, 0.25) is 17.7 Å². The van der Waals surface area contributed by atoms with Gasteiger partial charge in [-0.05, 0) is 71.1 Å². The zero-order valence-corrected chi connectivity index (χ0v) is 33.7. The van der Waals surface area contributed by atoms with Crippen LogP contribution in [0.2, 0.25) is 0 Å². The van der Waals surface area contributed by atoms with Crippen molar-refractivity contribution in [2.24, 2.45) is 11.7 Å². The lowest BCUT2D eigenvalue weighted by atomic mass is 10.0. The van der Waals surface area contributed by atoms with Crippen molar-refractivity contribution in [3.05, 3.63) is 53.6 Å². The molecule has 0 aliphatic carbocycles. The summed E-state index contributed by atoms with van der Waals surface area (Å²) < 4.78 is 42.2. The topological polar surface area (TPSA) is 262 Å². The summed E-state index contributed by atoms with van der Waals surface area (Å²) in [6.45, 7) is 11.3. The molecule has 2 aromatic rings. The number of ether oxygens (including phenoxy) is 2. The molecule has 7 amide bonds. The van der Waals surface area contributed by atoms with E-state index in [1.54, 1.807) is 46.8 Å². The van der Waals surface area contributed by atoms with Crippen molar-refractivity contribution in [2.45, 2.75) is 96.9 Å². The Kier molecular flexibility index (Phi) is 18.5. The van der Waals surface area contributed by atoms with Crippen LogP contribution in [0.1, 0.15) is 71.9 Å². The largest absolute Gasteiger partial charge is 0.483 e. The number of alkyl carbamates (subject to hydrolysis) is 1. The number of anilines is 1. The Morgan fingerprint density at radius 3 is 2.09 bits per heavy atom. The molecule has 0 saturated heterocycles. The molecule has 310 valence electrons. The molecule has 56 heavy (non-hydrogen) atoms. The molecule has 0 aliphatic rings. The number of carbonyl (C=O) groups excluding carboxylic acids is 6. The summed E-state index contributed by atoms with van der Waals surface area (Å²) in [5, 5.41) is 15.6. The summed E-state index contributed by atoms with van der Waals surface area (Å²) in [5.74, 6) is -2.51. The normalized spacial score (nSPS) is 12.4. The van der Waals surface area contributed by atoms with Gasteiger partial charge < -0.3 is 47.1 Å². The third-order valence-electron chi connectivity index (χ3n) is 7.63. The van der Waals surface area contributed by atoms with Crippen LogP contribution in [0.15, 0.2) is 47.4 Å². The molecule has 0 bridgehead atoms. The van der Waals surface area contributed by atoms with Gasteiger partial charge in [-0.15, -0.1) is 0 Å². The third kappa shape index (κ3) is 17.8. The second-order valence-electron chi connectivity index (χ2n) is 14.2. The zero-order valence-electron chi connectivity index (χ0n) is 32.9. The number of rotatable bonds is 21. The van der Waals surface area contributed by atoms with E-state index in [0.717, 1.165) is 5.56 Å². The number of urea groups is 1. The standard InChI is InChI=1S/C37H55N7O11S/c1-23(2)32(42-25(4)45)34(48)44-29(10-8-17-40-35(38)49)33(47)43-27-14-13-26(21-54-56(51,52)28-15-11-24(3)12-16-28)30(20-27)53-22-31(46)39-18-9-19-41-36(50)55-37(5,6)7/h11-16,20,23,29,32H,8-10,17-19,21-22H2,1-7H3,(H,39,46)(H,41,50)(H,42,45)(H,43,47)(H,44,48)(H3,38,40,49)/t29-,32-/m0/s1. The van der Waals surface area contributed by atoms with Crippen molar-refractivity contribution in [1.82, 2.24) is 26.6 Å². The lowest BCUT2D eigenvalue weighted by molar-refractivity contribution is -0.131. The van der Waals surface area contributed by atoms with Crippen LogP contribution in [-0.2, 0) is 44.8 Å². The second-order valence-corrected chi connectivity index (χ2v) is 15.8. The number of aryl methyl sites for hydroxylation is 1. The minimum Gasteiger partial charge on any atom is -0.483 e. The average molecular weight is 806 g/mol. The fourth-order valence-electron chi connectivity index (χ4n) is 4.85. The Morgan fingerprint density at radius 2 is 1.48 bits per heavy atom. The Bertz CT molecular complexity index is 1780. The quantitative estimate of drug-likeness (QED) is 0.0711.